The van der Waals surface area contributed by atoms with Gasteiger partial charge in [0.05, 0.1) is 26.2 Å². The minimum Gasteiger partial charge on any atom is -0.461 e. The molecule has 0 fully saturated rings. The lowest BCUT2D eigenvalue weighted by molar-refractivity contribution is -0.139. The highest BCUT2D eigenvalue weighted by molar-refractivity contribution is 9.10. The van der Waals surface area contributed by atoms with Crippen LogP contribution in [0.25, 0.3) is 0 Å². The van der Waals surface area contributed by atoms with E-state index >= 15 is 0 Å². The molecule has 0 radical (unpaired) electrons. The minimum absolute atomic E-state index is 0.0782. The lowest BCUT2D eigenvalue weighted by atomic mass is 10.2. The first-order valence-corrected chi connectivity index (χ1v) is 25.1. The lowest BCUT2D eigenvalue weighted by Crippen LogP contribution is -2.37. The van der Waals surface area contributed by atoms with Crippen molar-refractivity contribution in [2.45, 2.75) is 40.0 Å². The number of esters is 4. The third-order valence-corrected chi connectivity index (χ3v) is 10.1. The summed E-state index contributed by atoms with van der Waals surface area (Å²) in [6, 6.07) is 25.5. The molecule has 4 aromatic rings. The van der Waals surface area contributed by atoms with Crippen LogP contribution in [-0.2, 0) is 64.3 Å². The fraction of sp³-hybridized carbons (Fsp3) is 0.259. The molecule has 0 aliphatic carbocycles. The quantitative estimate of drug-likeness (QED) is 0.0147. The van der Waals surface area contributed by atoms with Crippen LogP contribution in [-0.4, -0.2) is 101 Å². The van der Waals surface area contributed by atoms with E-state index in [0.717, 1.165) is 43.4 Å². The van der Waals surface area contributed by atoms with Gasteiger partial charge >= 0.3 is 48.0 Å². The van der Waals surface area contributed by atoms with Crippen LogP contribution >= 0.6 is 31.9 Å². The molecule has 420 valence electrons. The average molecular weight is 1210 g/mol. The second-order valence-corrected chi connectivity index (χ2v) is 17.4. The van der Waals surface area contributed by atoms with E-state index in [-0.39, 0.29) is 94.9 Å². The van der Waals surface area contributed by atoms with Gasteiger partial charge in [0.2, 0.25) is 0 Å². The molecule has 20 nitrogen and oxygen atoms in total. The first-order valence-electron chi connectivity index (χ1n) is 23.5. The summed E-state index contributed by atoms with van der Waals surface area (Å²) in [6.45, 7) is 19.3. The van der Waals surface area contributed by atoms with Gasteiger partial charge in [-0.15, -0.1) is 0 Å². The molecule has 0 heterocycles. The summed E-state index contributed by atoms with van der Waals surface area (Å²) < 4.78 is 46.3. The highest BCUT2D eigenvalue weighted by Crippen LogP contribution is 2.11. The van der Waals surface area contributed by atoms with Gasteiger partial charge in [-0.05, 0) is 84.6 Å². The zero-order valence-corrected chi connectivity index (χ0v) is 46.3. The Morgan fingerprint density at radius 1 is 0.410 bits per heavy atom. The monoisotopic (exact) mass is 1210 g/mol. The van der Waals surface area contributed by atoms with Gasteiger partial charge in [-0.1, -0.05) is 107 Å². The predicted molar refractivity (Wildman–Crippen MR) is 296 cm³/mol. The first kappa shape index (κ1) is 67.6. The minimum atomic E-state index is -0.534. The summed E-state index contributed by atoms with van der Waals surface area (Å²) in [5.41, 5.74) is 4.22. The fourth-order valence-corrected chi connectivity index (χ4v) is 5.53. The largest absolute Gasteiger partial charge is 0.461 e. The topological polar surface area (TPSA) is 270 Å². The van der Waals surface area contributed by atoms with Crippen LogP contribution < -0.4 is 42.5 Å². The Morgan fingerprint density at radius 2 is 0.641 bits per heavy atom. The molecular weight excluding hydrogens is 1150 g/mol. The number of benzene rings is 4. The molecule has 0 unspecified atom stereocenters. The third-order valence-electron chi connectivity index (χ3n) is 9.00. The molecule has 0 aliphatic rings. The van der Waals surface area contributed by atoms with Gasteiger partial charge in [-0.3, -0.25) is 0 Å². The second-order valence-electron chi connectivity index (χ2n) is 15.5. The van der Waals surface area contributed by atoms with Crippen molar-refractivity contribution in [3.05, 3.63) is 190 Å². The number of carbonyl (C=O) groups excluding carboxylic acids is 8. The van der Waals surface area contributed by atoms with Crippen LogP contribution in [0.15, 0.2) is 156 Å². The molecule has 0 saturated carbocycles. The summed E-state index contributed by atoms with van der Waals surface area (Å²) in [5.74, 6) is -2.62. The normalized spacial score (nSPS) is 9.62. The van der Waals surface area contributed by atoms with Gasteiger partial charge < -0.3 is 61.5 Å². The molecule has 0 aromatic heterocycles. The Bertz CT molecular complexity index is 2400. The number of rotatable bonds is 24. The zero-order valence-electron chi connectivity index (χ0n) is 43.1. The summed E-state index contributed by atoms with van der Waals surface area (Å²) in [6.07, 6.45) is 2.13. The number of hydrogen-bond donors (Lipinski definition) is 8. The Balaban J connectivity index is 0.000000520. The van der Waals surface area contributed by atoms with Crippen LogP contribution in [0, 0.1) is 11.6 Å². The number of ether oxygens (including phenoxy) is 4. The second kappa shape index (κ2) is 40.9. The number of nitrogens with one attached hydrogen (secondary N) is 8. The molecule has 8 N–H and O–H groups in total. The molecule has 0 aliphatic heterocycles. The van der Waals surface area contributed by atoms with Crippen molar-refractivity contribution in [2.75, 3.05) is 52.6 Å². The third kappa shape index (κ3) is 35.8. The number of amides is 8. The maximum atomic E-state index is 12.7. The van der Waals surface area contributed by atoms with E-state index in [0.29, 0.717) is 30.8 Å². The smallest absolute Gasteiger partial charge is 0.333 e. The molecule has 4 rings (SSSR count). The van der Waals surface area contributed by atoms with Crippen LogP contribution in [0.3, 0.4) is 0 Å². The molecule has 8 amide bonds. The van der Waals surface area contributed by atoms with Gasteiger partial charge in [0.1, 0.15) is 38.1 Å². The number of hydrogen-bond acceptors (Lipinski definition) is 12. The Hall–Kier alpha value is -8.38. The van der Waals surface area contributed by atoms with Crippen LogP contribution in [0.2, 0.25) is 0 Å². The van der Waals surface area contributed by atoms with Gasteiger partial charge in [0.25, 0.3) is 0 Å². The fourth-order valence-electron chi connectivity index (χ4n) is 5.00. The van der Waals surface area contributed by atoms with E-state index in [2.05, 4.69) is 105 Å². The van der Waals surface area contributed by atoms with Crippen LogP contribution in [0.4, 0.5) is 28.0 Å². The van der Waals surface area contributed by atoms with Crippen molar-refractivity contribution in [1.29, 1.82) is 0 Å². The zero-order chi connectivity index (χ0) is 58.1. The first-order chi connectivity index (χ1) is 37.2. The number of carbonyl (C=O) groups is 8. The Morgan fingerprint density at radius 3 is 0.872 bits per heavy atom. The van der Waals surface area contributed by atoms with E-state index in [4.69, 9.17) is 14.2 Å². The average Bonchev–Trinajstić information content (AvgIpc) is 3.42. The van der Waals surface area contributed by atoms with Crippen molar-refractivity contribution in [2.24, 2.45) is 0 Å². The van der Waals surface area contributed by atoms with Crippen LogP contribution in [0.1, 0.15) is 36.1 Å². The molecule has 0 saturated heterocycles. The molecule has 4 aromatic carbocycles. The summed E-state index contributed by atoms with van der Waals surface area (Å²) in [4.78, 5) is 89.2. The Labute approximate surface area is 468 Å². The standard InChI is InChI=1S/C14H17BrN2O3.C14H17FN2O3.C13H15BrN2O3.C13H15FN2O3/c2*1-10(2)13(18)20-8-7-16-14(19)17-9-11-3-5-12(15)6-4-11;2*1-2-12(17)19-8-7-15-13(18)16-9-10-3-5-11(14)6-4-10/h2*3-6H,1,7-9H2,2H3,(H2,16,17,19);2*2-6H,1,7-9H2,(H2,15,16,18). The van der Waals surface area contributed by atoms with E-state index in [9.17, 15) is 47.1 Å². The van der Waals surface area contributed by atoms with Crippen molar-refractivity contribution >= 4 is 79.9 Å². The van der Waals surface area contributed by atoms with E-state index in [1.54, 1.807) is 38.1 Å². The molecule has 0 bridgehead atoms. The van der Waals surface area contributed by atoms with E-state index in [1.807, 2.05) is 48.5 Å². The van der Waals surface area contributed by atoms with Gasteiger partial charge in [-0.25, -0.2) is 47.1 Å². The number of urea groups is 4. The summed E-state index contributed by atoms with van der Waals surface area (Å²) in [5, 5.41) is 20.8. The van der Waals surface area contributed by atoms with Crippen molar-refractivity contribution in [3.8, 4) is 0 Å². The van der Waals surface area contributed by atoms with Crippen molar-refractivity contribution < 1.29 is 66.1 Å². The van der Waals surface area contributed by atoms with Gasteiger partial charge in [0.15, 0.2) is 0 Å². The molecule has 24 heteroatoms. The van der Waals surface area contributed by atoms with Crippen molar-refractivity contribution in [1.82, 2.24) is 42.5 Å². The highest BCUT2D eigenvalue weighted by atomic mass is 79.9. The molecule has 78 heavy (non-hydrogen) atoms. The van der Waals surface area contributed by atoms with Gasteiger partial charge in [0, 0.05) is 58.4 Å². The number of halogens is 4. The van der Waals surface area contributed by atoms with E-state index < -0.39 is 23.9 Å². The summed E-state index contributed by atoms with van der Waals surface area (Å²) in [7, 11) is 0. The predicted octanol–water partition coefficient (Wildman–Crippen LogP) is 7.44. The molecule has 0 atom stereocenters. The van der Waals surface area contributed by atoms with Gasteiger partial charge in [-0.2, -0.15) is 0 Å². The maximum absolute atomic E-state index is 12.7. The molecule has 0 spiro atoms. The Kier molecular flexibility index (Phi) is 35.4. The van der Waals surface area contributed by atoms with E-state index in [1.165, 1.54) is 24.3 Å². The highest BCUT2D eigenvalue weighted by Gasteiger charge is 2.07. The molecular formula is C54H64Br2F2N8O12. The maximum Gasteiger partial charge on any atom is 0.333 e. The summed E-state index contributed by atoms with van der Waals surface area (Å²) >= 11 is 6.68. The van der Waals surface area contributed by atoms with Crippen molar-refractivity contribution in [3.63, 3.8) is 0 Å². The lowest BCUT2D eigenvalue weighted by Gasteiger charge is -2.08. The van der Waals surface area contributed by atoms with Crippen LogP contribution in [0.5, 0.6) is 0 Å². The SMILES string of the molecule is C=C(C)C(=O)OCCNC(=O)NCc1ccc(Br)cc1.C=C(C)C(=O)OCCNC(=O)NCc1ccc(F)cc1.C=CC(=O)OCCNC(=O)NCc1ccc(Br)cc1.C=CC(=O)OCCNC(=O)NCc1ccc(F)cc1.